The van der Waals surface area contributed by atoms with Gasteiger partial charge in [0.15, 0.2) is 0 Å². The van der Waals surface area contributed by atoms with Gasteiger partial charge in [0.05, 0.1) is 12.8 Å². The molecule has 1 aliphatic carbocycles. The molecule has 1 heterocycles. The fraction of sp³-hybridized carbons (Fsp3) is 0.579. The topological polar surface area (TPSA) is 61.9 Å². The van der Waals surface area contributed by atoms with Gasteiger partial charge in [-0.25, -0.2) is 4.79 Å². The molecule has 136 valence electrons. The first-order valence-corrected chi connectivity index (χ1v) is 8.98. The summed E-state index contributed by atoms with van der Waals surface area (Å²) in [6.07, 6.45) is 5.88. The summed E-state index contributed by atoms with van der Waals surface area (Å²) in [4.78, 5) is 28.5. The Hall–Kier alpha value is -2.24. The Morgan fingerprint density at radius 1 is 1.20 bits per heavy atom. The fourth-order valence-corrected chi connectivity index (χ4v) is 3.74. The number of hydrogen-bond donors (Lipinski definition) is 1. The van der Waals surface area contributed by atoms with Crippen LogP contribution in [0.4, 0.5) is 10.5 Å². The second-order valence-corrected chi connectivity index (χ2v) is 7.14. The van der Waals surface area contributed by atoms with Crippen LogP contribution in [0.5, 0.6) is 5.75 Å². The minimum atomic E-state index is -0.105. The highest BCUT2D eigenvalue weighted by Crippen LogP contribution is 2.37. The first kappa shape index (κ1) is 17.6. The van der Waals surface area contributed by atoms with E-state index in [-0.39, 0.29) is 11.9 Å². The summed E-state index contributed by atoms with van der Waals surface area (Å²) in [7, 11) is 4.97. The maximum atomic E-state index is 12.8. The molecule has 0 aromatic heterocycles. The highest BCUT2D eigenvalue weighted by molar-refractivity contribution is 5.98. The molecule has 1 atom stereocenters. The van der Waals surface area contributed by atoms with Crippen molar-refractivity contribution in [2.75, 3.05) is 33.1 Å². The van der Waals surface area contributed by atoms with Gasteiger partial charge in [-0.2, -0.15) is 0 Å². The molecule has 1 N–H and O–H groups in total. The number of likely N-dealkylation sites (tertiary alicyclic amines) is 1. The van der Waals surface area contributed by atoms with Crippen LogP contribution in [0.15, 0.2) is 18.2 Å². The first-order valence-electron chi connectivity index (χ1n) is 8.98. The predicted octanol–water partition coefficient (Wildman–Crippen LogP) is 3.19. The molecule has 1 aromatic rings. The summed E-state index contributed by atoms with van der Waals surface area (Å²) in [6, 6.07) is 5.38. The number of hydrogen-bond acceptors (Lipinski definition) is 3. The highest BCUT2D eigenvalue weighted by Gasteiger charge is 2.37. The number of urea groups is 1. The van der Waals surface area contributed by atoms with Gasteiger partial charge in [0.2, 0.25) is 0 Å². The Morgan fingerprint density at radius 3 is 2.56 bits per heavy atom. The van der Waals surface area contributed by atoms with E-state index >= 15 is 0 Å². The van der Waals surface area contributed by atoms with Gasteiger partial charge < -0.3 is 19.9 Å². The monoisotopic (exact) mass is 345 g/mol. The van der Waals surface area contributed by atoms with Crippen molar-refractivity contribution in [1.82, 2.24) is 9.80 Å². The van der Waals surface area contributed by atoms with Crippen molar-refractivity contribution in [3.63, 3.8) is 0 Å². The van der Waals surface area contributed by atoms with E-state index in [4.69, 9.17) is 4.74 Å². The molecule has 1 aromatic carbocycles. The number of ether oxygens (including phenoxy) is 1. The molecular weight excluding hydrogens is 318 g/mol. The standard InChI is InChI=1S/C19H27N3O3/c1-21(2)18(23)14-9-10-17(25-3)15(12-14)20-19(24)22-11-5-8-16(22)13-6-4-7-13/h9-10,12-13,16H,4-8,11H2,1-3H3,(H,20,24). The van der Waals surface area contributed by atoms with Crippen molar-refractivity contribution >= 4 is 17.6 Å². The van der Waals surface area contributed by atoms with Gasteiger partial charge in [-0.3, -0.25) is 4.79 Å². The van der Waals surface area contributed by atoms with Crippen LogP contribution in [0.25, 0.3) is 0 Å². The second kappa shape index (κ2) is 7.33. The van der Waals surface area contributed by atoms with Crippen LogP contribution in [-0.2, 0) is 0 Å². The number of nitrogens with one attached hydrogen (secondary N) is 1. The molecule has 1 unspecified atom stereocenters. The van der Waals surface area contributed by atoms with Crippen LogP contribution < -0.4 is 10.1 Å². The number of carbonyl (C=O) groups excluding carboxylic acids is 2. The molecule has 6 heteroatoms. The van der Waals surface area contributed by atoms with Gasteiger partial charge in [-0.1, -0.05) is 6.42 Å². The molecule has 0 radical (unpaired) electrons. The lowest BCUT2D eigenvalue weighted by atomic mass is 9.79. The van der Waals surface area contributed by atoms with E-state index in [9.17, 15) is 9.59 Å². The number of nitrogens with zero attached hydrogens (tertiary/aromatic N) is 2. The molecule has 1 aliphatic heterocycles. The highest BCUT2D eigenvalue weighted by atomic mass is 16.5. The Labute approximate surface area is 149 Å². The third-order valence-corrected chi connectivity index (χ3v) is 5.35. The number of benzene rings is 1. The zero-order valence-electron chi connectivity index (χ0n) is 15.2. The lowest BCUT2D eigenvalue weighted by molar-refractivity contribution is 0.0827. The van der Waals surface area contributed by atoms with Gasteiger partial charge in [0, 0.05) is 32.2 Å². The molecule has 0 spiro atoms. The van der Waals surface area contributed by atoms with E-state index in [0.717, 1.165) is 19.4 Å². The average Bonchev–Trinajstić information content (AvgIpc) is 3.01. The van der Waals surface area contributed by atoms with Gasteiger partial charge in [0.1, 0.15) is 5.75 Å². The zero-order chi connectivity index (χ0) is 18.0. The van der Waals surface area contributed by atoms with Gasteiger partial charge in [0.25, 0.3) is 5.91 Å². The molecular formula is C19H27N3O3. The Morgan fingerprint density at radius 2 is 1.96 bits per heavy atom. The smallest absolute Gasteiger partial charge is 0.322 e. The lowest BCUT2D eigenvalue weighted by Gasteiger charge is -2.37. The average molecular weight is 345 g/mol. The van der Waals surface area contributed by atoms with Crippen LogP contribution in [-0.4, -0.2) is 55.5 Å². The number of amides is 3. The summed E-state index contributed by atoms with van der Waals surface area (Å²) in [5.41, 5.74) is 1.07. The molecule has 0 bridgehead atoms. The third kappa shape index (κ3) is 3.57. The van der Waals surface area contributed by atoms with E-state index in [1.54, 1.807) is 39.4 Å². The van der Waals surface area contributed by atoms with E-state index in [0.29, 0.717) is 29.0 Å². The summed E-state index contributed by atoms with van der Waals surface area (Å²) in [6.45, 7) is 0.797. The normalized spacial score (nSPS) is 20.1. The van der Waals surface area contributed by atoms with Crippen LogP contribution >= 0.6 is 0 Å². The number of rotatable bonds is 4. The fourth-order valence-electron chi connectivity index (χ4n) is 3.74. The van der Waals surface area contributed by atoms with E-state index in [1.165, 1.54) is 24.2 Å². The minimum Gasteiger partial charge on any atom is -0.495 e. The molecule has 2 aliphatic rings. The lowest BCUT2D eigenvalue weighted by Crippen LogP contribution is -2.44. The van der Waals surface area contributed by atoms with Crippen molar-refractivity contribution < 1.29 is 14.3 Å². The van der Waals surface area contributed by atoms with Crippen LogP contribution in [0.3, 0.4) is 0 Å². The summed E-state index contributed by atoms with van der Waals surface area (Å²) < 4.78 is 5.35. The van der Waals surface area contributed by atoms with Gasteiger partial charge in [-0.05, 0) is 49.8 Å². The largest absolute Gasteiger partial charge is 0.495 e. The minimum absolute atomic E-state index is 0.0952. The Bertz CT molecular complexity index is 655. The van der Waals surface area contributed by atoms with Gasteiger partial charge >= 0.3 is 6.03 Å². The Balaban J connectivity index is 1.77. The summed E-state index contributed by atoms with van der Waals surface area (Å²) in [5.74, 6) is 1.10. The van der Waals surface area contributed by atoms with Crippen LogP contribution in [0.1, 0.15) is 42.5 Å². The maximum Gasteiger partial charge on any atom is 0.322 e. The number of methoxy groups -OCH3 is 1. The zero-order valence-corrected chi connectivity index (χ0v) is 15.2. The maximum absolute atomic E-state index is 12.8. The van der Waals surface area contributed by atoms with Crippen molar-refractivity contribution in [1.29, 1.82) is 0 Å². The molecule has 25 heavy (non-hydrogen) atoms. The molecule has 3 rings (SSSR count). The number of anilines is 1. The van der Waals surface area contributed by atoms with Crippen molar-refractivity contribution in [2.45, 2.75) is 38.1 Å². The van der Waals surface area contributed by atoms with Crippen molar-refractivity contribution in [3.8, 4) is 5.75 Å². The van der Waals surface area contributed by atoms with E-state index < -0.39 is 0 Å². The van der Waals surface area contributed by atoms with Crippen LogP contribution in [0.2, 0.25) is 0 Å². The molecule has 6 nitrogen and oxygen atoms in total. The summed E-state index contributed by atoms with van der Waals surface area (Å²) in [5, 5.41) is 2.96. The SMILES string of the molecule is COc1ccc(C(=O)N(C)C)cc1NC(=O)N1CCCC1C1CCC1. The molecule has 1 saturated carbocycles. The molecule has 3 amide bonds. The second-order valence-electron chi connectivity index (χ2n) is 7.14. The van der Waals surface area contributed by atoms with Crippen molar-refractivity contribution in [2.24, 2.45) is 5.92 Å². The quantitative estimate of drug-likeness (QED) is 0.911. The predicted molar refractivity (Wildman–Crippen MR) is 97.1 cm³/mol. The Kier molecular flexibility index (Phi) is 5.16. The van der Waals surface area contributed by atoms with Crippen LogP contribution in [0, 0.1) is 5.92 Å². The first-order chi connectivity index (χ1) is 12.0. The van der Waals surface area contributed by atoms with E-state index in [1.807, 2.05) is 4.90 Å². The molecule has 1 saturated heterocycles. The van der Waals surface area contributed by atoms with Crippen molar-refractivity contribution in [3.05, 3.63) is 23.8 Å². The molecule has 2 fully saturated rings. The van der Waals surface area contributed by atoms with Gasteiger partial charge in [-0.15, -0.1) is 0 Å². The summed E-state index contributed by atoms with van der Waals surface area (Å²) >= 11 is 0. The third-order valence-electron chi connectivity index (χ3n) is 5.35. The number of carbonyl (C=O) groups is 2. The van der Waals surface area contributed by atoms with E-state index in [2.05, 4.69) is 5.32 Å².